The summed E-state index contributed by atoms with van der Waals surface area (Å²) in [5.74, 6) is 0.0673. The Bertz CT molecular complexity index is 696. The highest BCUT2D eigenvalue weighted by Gasteiger charge is 2.18. The molecule has 1 N–H and O–H groups in total. The first-order chi connectivity index (χ1) is 11.2. The highest BCUT2D eigenvalue weighted by atomic mass is 32.1. The van der Waals surface area contributed by atoms with E-state index in [1.807, 2.05) is 30.6 Å². The van der Waals surface area contributed by atoms with Crippen molar-refractivity contribution in [2.75, 3.05) is 0 Å². The Morgan fingerprint density at radius 2 is 1.87 bits per heavy atom. The zero-order valence-electron chi connectivity index (χ0n) is 13.1. The van der Waals surface area contributed by atoms with Crippen LogP contribution < -0.4 is 5.32 Å². The van der Waals surface area contributed by atoms with E-state index in [2.05, 4.69) is 52.5 Å². The Morgan fingerprint density at radius 1 is 1.13 bits per heavy atom. The van der Waals surface area contributed by atoms with Crippen molar-refractivity contribution in [2.45, 2.75) is 25.9 Å². The summed E-state index contributed by atoms with van der Waals surface area (Å²) in [5.41, 5.74) is 2.35. The smallest absolute Gasteiger partial charge is 0.222 e. The highest BCUT2D eigenvalue weighted by molar-refractivity contribution is 7.10. The molecule has 0 aliphatic carbocycles. The number of aromatic nitrogens is 1. The molecule has 2 aromatic heterocycles. The number of hydrogen-bond donors (Lipinski definition) is 1. The van der Waals surface area contributed by atoms with Crippen LogP contribution in [-0.4, -0.2) is 10.5 Å². The fourth-order valence-corrected chi connectivity index (χ4v) is 3.38. The van der Waals surface area contributed by atoms with Gasteiger partial charge in [0, 0.05) is 23.8 Å². The van der Waals surface area contributed by atoms with E-state index in [0.717, 1.165) is 5.56 Å². The average molecular weight is 324 g/mol. The van der Waals surface area contributed by atoms with Gasteiger partial charge in [0.05, 0.1) is 12.5 Å². The zero-order valence-corrected chi connectivity index (χ0v) is 13.9. The van der Waals surface area contributed by atoms with Crippen molar-refractivity contribution in [3.63, 3.8) is 0 Å². The number of benzene rings is 1. The zero-order chi connectivity index (χ0) is 16.1. The quantitative estimate of drug-likeness (QED) is 0.726. The molecule has 0 spiro atoms. The third-order valence-electron chi connectivity index (χ3n) is 3.85. The first-order valence-electron chi connectivity index (χ1n) is 7.70. The van der Waals surface area contributed by atoms with Crippen LogP contribution in [0.25, 0.3) is 0 Å². The second-order valence-corrected chi connectivity index (χ2v) is 6.61. The van der Waals surface area contributed by atoms with E-state index >= 15 is 0 Å². The fourth-order valence-electron chi connectivity index (χ4n) is 2.54. The lowest BCUT2D eigenvalue weighted by atomic mass is 10.1. The van der Waals surface area contributed by atoms with Crippen molar-refractivity contribution in [3.05, 3.63) is 82.3 Å². The number of rotatable bonds is 6. The highest BCUT2D eigenvalue weighted by Crippen LogP contribution is 2.26. The van der Waals surface area contributed by atoms with E-state index in [4.69, 9.17) is 0 Å². The summed E-state index contributed by atoms with van der Waals surface area (Å²) in [4.78, 5) is 13.6. The van der Waals surface area contributed by atoms with E-state index in [1.165, 1.54) is 10.4 Å². The van der Waals surface area contributed by atoms with Crippen LogP contribution in [0.1, 0.15) is 28.5 Å². The lowest BCUT2D eigenvalue weighted by Gasteiger charge is -2.17. The van der Waals surface area contributed by atoms with Gasteiger partial charge >= 0.3 is 0 Å². The van der Waals surface area contributed by atoms with Gasteiger partial charge in [0.15, 0.2) is 0 Å². The molecule has 3 nitrogen and oxygen atoms in total. The van der Waals surface area contributed by atoms with Crippen LogP contribution in [0.4, 0.5) is 0 Å². The summed E-state index contributed by atoms with van der Waals surface area (Å²) < 4.78 is 2.09. The minimum atomic E-state index is 0.0583. The van der Waals surface area contributed by atoms with E-state index in [1.54, 1.807) is 11.3 Å². The van der Waals surface area contributed by atoms with Gasteiger partial charge in [-0.1, -0.05) is 35.9 Å². The Balaban J connectivity index is 1.63. The molecule has 0 unspecified atom stereocenters. The third kappa shape index (κ3) is 4.11. The number of aryl methyl sites for hydroxylation is 1. The molecule has 3 rings (SSSR count). The second-order valence-electron chi connectivity index (χ2n) is 5.63. The molecule has 3 aromatic rings. The van der Waals surface area contributed by atoms with Gasteiger partial charge in [-0.3, -0.25) is 4.79 Å². The van der Waals surface area contributed by atoms with Crippen LogP contribution in [0.5, 0.6) is 0 Å². The van der Waals surface area contributed by atoms with Gasteiger partial charge in [-0.25, -0.2) is 0 Å². The molecule has 0 saturated heterocycles. The number of thiophene rings is 1. The standard InChI is InChI=1S/C19H20N2OS/c1-15-6-8-16(9-7-15)14-20-19(22)13-17(18-5-4-12-23-18)21-10-2-3-11-21/h2-12,17H,13-14H2,1H3,(H,20,22)/t17-/m1/s1. The molecule has 118 valence electrons. The SMILES string of the molecule is Cc1ccc(CNC(=O)C[C@H](c2cccs2)n2cccc2)cc1. The van der Waals surface area contributed by atoms with Crippen molar-refractivity contribution in [3.8, 4) is 0 Å². The molecule has 0 bridgehead atoms. The minimum Gasteiger partial charge on any atom is -0.352 e. The normalized spacial score (nSPS) is 12.0. The van der Waals surface area contributed by atoms with Gasteiger partial charge in [-0.2, -0.15) is 0 Å². The van der Waals surface area contributed by atoms with Gasteiger partial charge in [0.25, 0.3) is 0 Å². The van der Waals surface area contributed by atoms with Crippen molar-refractivity contribution in [1.29, 1.82) is 0 Å². The van der Waals surface area contributed by atoms with E-state index in [-0.39, 0.29) is 11.9 Å². The first kappa shape index (κ1) is 15.6. The first-order valence-corrected chi connectivity index (χ1v) is 8.58. The Labute approximate surface area is 140 Å². The molecule has 0 radical (unpaired) electrons. The lowest BCUT2D eigenvalue weighted by molar-refractivity contribution is -0.121. The molecule has 1 amide bonds. The summed E-state index contributed by atoms with van der Waals surface area (Å²) in [6.07, 6.45) is 4.47. The number of nitrogens with zero attached hydrogens (tertiary/aromatic N) is 1. The Kier molecular flexibility index (Phi) is 4.93. The summed E-state index contributed by atoms with van der Waals surface area (Å²) in [5, 5.41) is 5.08. The maximum atomic E-state index is 12.4. The van der Waals surface area contributed by atoms with Gasteiger partial charge in [0.2, 0.25) is 5.91 Å². The number of nitrogens with one attached hydrogen (secondary N) is 1. The topological polar surface area (TPSA) is 34.0 Å². The van der Waals surface area contributed by atoms with Crippen molar-refractivity contribution < 1.29 is 4.79 Å². The predicted molar refractivity (Wildman–Crippen MR) is 94.5 cm³/mol. The fraction of sp³-hybridized carbons (Fsp3) is 0.211. The third-order valence-corrected chi connectivity index (χ3v) is 4.82. The van der Waals surface area contributed by atoms with Gasteiger partial charge in [-0.15, -0.1) is 11.3 Å². The molecule has 0 saturated carbocycles. The number of amides is 1. The molecule has 0 aliphatic heterocycles. The Hall–Kier alpha value is -2.33. The molecule has 2 heterocycles. The maximum absolute atomic E-state index is 12.4. The minimum absolute atomic E-state index is 0.0583. The molecule has 1 atom stereocenters. The molecular weight excluding hydrogens is 304 g/mol. The second kappa shape index (κ2) is 7.29. The van der Waals surface area contributed by atoms with Crippen molar-refractivity contribution in [2.24, 2.45) is 0 Å². The van der Waals surface area contributed by atoms with E-state index in [9.17, 15) is 4.79 Å². The summed E-state index contributed by atoms with van der Waals surface area (Å²) in [7, 11) is 0. The van der Waals surface area contributed by atoms with Crippen LogP contribution in [0.3, 0.4) is 0 Å². The summed E-state index contributed by atoms with van der Waals surface area (Å²) in [6.45, 7) is 2.63. The molecule has 4 heteroatoms. The Morgan fingerprint density at radius 3 is 2.52 bits per heavy atom. The lowest BCUT2D eigenvalue weighted by Crippen LogP contribution is -2.26. The molecule has 1 aromatic carbocycles. The van der Waals surface area contributed by atoms with Crippen LogP contribution >= 0.6 is 11.3 Å². The van der Waals surface area contributed by atoms with Crippen molar-refractivity contribution >= 4 is 17.2 Å². The van der Waals surface area contributed by atoms with Gasteiger partial charge < -0.3 is 9.88 Å². The van der Waals surface area contributed by atoms with Crippen LogP contribution in [0.15, 0.2) is 66.3 Å². The van der Waals surface area contributed by atoms with Crippen molar-refractivity contribution in [1.82, 2.24) is 9.88 Å². The van der Waals surface area contributed by atoms with E-state index < -0.39 is 0 Å². The van der Waals surface area contributed by atoms with E-state index in [0.29, 0.717) is 13.0 Å². The summed E-state index contributed by atoms with van der Waals surface area (Å²) in [6, 6.07) is 16.4. The monoisotopic (exact) mass is 324 g/mol. The molecular formula is C19H20N2OS. The van der Waals surface area contributed by atoms with Gasteiger partial charge in [0.1, 0.15) is 0 Å². The average Bonchev–Trinajstić information content (AvgIpc) is 3.25. The molecule has 0 fully saturated rings. The van der Waals surface area contributed by atoms with Crippen LogP contribution in [-0.2, 0) is 11.3 Å². The molecule has 23 heavy (non-hydrogen) atoms. The summed E-state index contributed by atoms with van der Waals surface area (Å²) >= 11 is 1.69. The van der Waals surface area contributed by atoms with Crippen LogP contribution in [0.2, 0.25) is 0 Å². The number of hydrogen-bond acceptors (Lipinski definition) is 2. The molecule has 0 aliphatic rings. The largest absolute Gasteiger partial charge is 0.352 e. The maximum Gasteiger partial charge on any atom is 0.222 e. The van der Waals surface area contributed by atoms with Gasteiger partial charge in [-0.05, 0) is 36.1 Å². The number of carbonyl (C=O) groups is 1. The number of carbonyl (C=O) groups excluding carboxylic acids is 1. The van der Waals surface area contributed by atoms with Crippen LogP contribution in [0, 0.1) is 6.92 Å². The predicted octanol–water partition coefficient (Wildman–Crippen LogP) is 4.15.